The van der Waals surface area contributed by atoms with Crippen molar-refractivity contribution in [1.29, 1.82) is 0 Å². The van der Waals surface area contributed by atoms with E-state index in [1.54, 1.807) is 13.0 Å². The van der Waals surface area contributed by atoms with Crippen LogP contribution in [0.15, 0.2) is 79.3 Å². The van der Waals surface area contributed by atoms with Gasteiger partial charge in [-0.15, -0.1) is 0 Å². The minimum Gasteiger partial charge on any atom is -0.493 e. The number of methoxy groups -OCH3 is 1. The van der Waals surface area contributed by atoms with Gasteiger partial charge in [0.15, 0.2) is 11.6 Å². The lowest BCUT2D eigenvalue weighted by atomic mass is 10.0. The van der Waals surface area contributed by atoms with Crippen LogP contribution in [0.3, 0.4) is 0 Å². The summed E-state index contributed by atoms with van der Waals surface area (Å²) in [5, 5.41) is 7.05. The smallest absolute Gasteiger partial charge is 0.341 e. The minimum atomic E-state index is -0.472. The highest BCUT2D eigenvalue weighted by Gasteiger charge is 2.16. The number of pyridine rings is 1. The van der Waals surface area contributed by atoms with Crippen molar-refractivity contribution in [3.8, 4) is 22.7 Å². The first-order valence-electron chi connectivity index (χ1n) is 10.8. The Bertz CT molecular complexity index is 1280. The van der Waals surface area contributed by atoms with Crippen LogP contribution in [0.4, 0.5) is 0 Å². The van der Waals surface area contributed by atoms with Gasteiger partial charge >= 0.3 is 5.97 Å². The number of esters is 1. The van der Waals surface area contributed by atoms with Crippen LogP contribution in [-0.2, 0) is 11.3 Å². The Morgan fingerprint density at radius 3 is 2.41 bits per heavy atom. The van der Waals surface area contributed by atoms with Crippen molar-refractivity contribution in [2.45, 2.75) is 13.5 Å². The number of aromatic nitrogens is 3. The summed E-state index contributed by atoms with van der Waals surface area (Å²) in [4.78, 5) is 28.9. The van der Waals surface area contributed by atoms with E-state index in [-0.39, 0.29) is 12.5 Å². The number of nitrogens with zero attached hydrogens (tertiary/aromatic N) is 3. The molecule has 0 radical (unpaired) electrons. The quantitative estimate of drug-likeness (QED) is 0.402. The molecular weight excluding hydrogens is 432 g/mol. The van der Waals surface area contributed by atoms with Gasteiger partial charge in [-0.3, -0.25) is 4.79 Å². The highest BCUT2D eigenvalue weighted by Crippen LogP contribution is 2.22. The van der Waals surface area contributed by atoms with E-state index in [1.807, 2.05) is 42.5 Å². The fourth-order valence-electron chi connectivity index (χ4n) is 3.37. The van der Waals surface area contributed by atoms with Crippen molar-refractivity contribution in [1.82, 2.24) is 20.1 Å². The summed E-state index contributed by atoms with van der Waals surface area (Å²) in [6.07, 6.45) is 4.34. The number of carbonyl (C=O) groups excluding carboxylic acids is 2. The summed E-state index contributed by atoms with van der Waals surface area (Å²) < 4.78 is 11.8. The van der Waals surface area contributed by atoms with Gasteiger partial charge in [0, 0.05) is 18.9 Å². The molecule has 2 aromatic carbocycles. The number of ether oxygens (including phenoxy) is 2. The number of benzene rings is 2. The van der Waals surface area contributed by atoms with E-state index in [0.717, 1.165) is 16.7 Å². The molecule has 2 heterocycles. The Balaban J connectivity index is 1.43. The number of nitrogens with one attached hydrogen (secondary N) is 1. The number of carbonyl (C=O) groups is 2. The summed E-state index contributed by atoms with van der Waals surface area (Å²) in [5.41, 5.74) is 3.88. The Morgan fingerprint density at radius 1 is 0.971 bits per heavy atom. The second kappa shape index (κ2) is 10.4. The third kappa shape index (κ3) is 5.12. The van der Waals surface area contributed by atoms with Gasteiger partial charge in [-0.2, -0.15) is 5.10 Å². The molecule has 8 heteroatoms. The SMILES string of the molecule is CCOC(=O)c1cnn(-c2ncc(C(=O)NCc3ccc(-c4ccccc4)cc3)cc2OC)c1. The van der Waals surface area contributed by atoms with Crippen LogP contribution in [0.25, 0.3) is 16.9 Å². The van der Waals surface area contributed by atoms with E-state index in [0.29, 0.717) is 29.2 Å². The Kier molecular flexibility index (Phi) is 6.98. The molecular formula is C26H24N4O4. The summed E-state index contributed by atoms with van der Waals surface area (Å²) in [5.74, 6) is -0.0536. The predicted octanol–water partition coefficient (Wildman–Crippen LogP) is 4.05. The van der Waals surface area contributed by atoms with Crippen LogP contribution in [0.5, 0.6) is 5.75 Å². The minimum absolute atomic E-state index is 0.270. The van der Waals surface area contributed by atoms with Gasteiger partial charge in [-0.1, -0.05) is 54.6 Å². The molecule has 34 heavy (non-hydrogen) atoms. The van der Waals surface area contributed by atoms with Gasteiger partial charge in [-0.05, 0) is 29.7 Å². The molecule has 0 saturated heterocycles. The van der Waals surface area contributed by atoms with E-state index in [1.165, 1.54) is 30.4 Å². The van der Waals surface area contributed by atoms with Crippen molar-refractivity contribution >= 4 is 11.9 Å². The molecule has 2 aromatic heterocycles. The second-order valence-corrected chi connectivity index (χ2v) is 7.39. The van der Waals surface area contributed by atoms with Crippen molar-refractivity contribution in [3.63, 3.8) is 0 Å². The molecule has 172 valence electrons. The first-order valence-corrected chi connectivity index (χ1v) is 10.8. The summed E-state index contributed by atoms with van der Waals surface area (Å²) in [6.45, 7) is 2.38. The van der Waals surface area contributed by atoms with E-state index in [4.69, 9.17) is 9.47 Å². The number of rotatable bonds is 8. The van der Waals surface area contributed by atoms with Gasteiger partial charge in [0.25, 0.3) is 5.91 Å². The Hall–Kier alpha value is -4.46. The monoisotopic (exact) mass is 456 g/mol. The fraction of sp³-hybridized carbons (Fsp3) is 0.154. The first-order chi connectivity index (χ1) is 16.6. The third-order valence-corrected chi connectivity index (χ3v) is 5.14. The molecule has 4 rings (SSSR count). The first kappa shape index (κ1) is 22.7. The van der Waals surface area contributed by atoms with Gasteiger partial charge in [0.05, 0.1) is 31.0 Å². The van der Waals surface area contributed by atoms with Gasteiger partial charge < -0.3 is 14.8 Å². The molecule has 8 nitrogen and oxygen atoms in total. The standard InChI is InChI=1S/C26H24N4O4/c1-3-34-26(32)22-16-29-30(17-22)24-23(33-2)13-21(15-27-24)25(31)28-14-18-9-11-20(12-10-18)19-7-5-4-6-8-19/h4-13,15-17H,3,14H2,1-2H3,(H,28,31). The largest absolute Gasteiger partial charge is 0.493 e. The molecule has 0 unspecified atom stereocenters. The zero-order chi connectivity index (χ0) is 23.9. The molecule has 4 aromatic rings. The van der Waals surface area contributed by atoms with Crippen LogP contribution in [0, 0.1) is 0 Å². The maximum absolute atomic E-state index is 12.7. The van der Waals surface area contributed by atoms with Crippen LogP contribution in [0.1, 0.15) is 33.2 Å². The molecule has 1 N–H and O–H groups in total. The van der Waals surface area contributed by atoms with Crippen LogP contribution >= 0.6 is 0 Å². The summed E-state index contributed by atoms with van der Waals surface area (Å²) >= 11 is 0. The predicted molar refractivity (Wildman–Crippen MR) is 127 cm³/mol. The van der Waals surface area contributed by atoms with Crippen molar-refractivity contribution in [2.75, 3.05) is 13.7 Å². The van der Waals surface area contributed by atoms with Crippen LogP contribution in [-0.4, -0.2) is 40.4 Å². The van der Waals surface area contributed by atoms with E-state index < -0.39 is 5.97 Å². The average molecular weight is 457 g/mol. The molecule has 0 aliphatic rings. The maximum Gasteiger partial charge on any atom is 0.341 e. The Morgan fingerprint density at radius 2 is 1.71 bits per heavy atom. The third-order valence-electron chi connectivity index (χ3n) is 5.14. The molecule has 1 amide bonds. The number of amides is 1. The van der Waals surface area contributed by atoms with E-state index in [9.17, 15) is 9.59 Å². The van der Waals surface area contributed by atoms with Gasteiger partial charge in [0.1, 0.15) is 0 Å². The van der Waals surface area contributed by atoms with Crippen LogP contribution in [0.2, 0.25) is 0 Å². The molecule has 0 aliphatic heterocycles. The maximum atomic E-state index is 12.7. The molecule has 0 fully saturated rings. The average Bonchev–Trinajstić information content (AvgIpc) is 3.38. The van der Waals surface area contributed by atoms with Gasteiger partial charge in [0.2, 0.25) is 0 Å². The normalized spacial score (nSPS) is 10.5. The van der Waals surface area contributed by atoms with Crippen molar-refractivity contribution in [2.24, 2.45) is 0 Å². The Labute approximate surface area is 197 Å². The second-order valence-electron chi connectivity index (χ2n) is 7.39. The molecule has 0 atom stereocenters. The lowest BCUT2D eigenvalue weighted by Gasteiger charge is -2.10. The number of hydrogen-bond donors (Lipinski definition) is 1. The highest BCUT2D eigenvalue weighted by molar-refractivity contribution is 5.94. The zero-order valence-corrected chi connectivity index (χ0v) is 18.9. The number of hydrogen-bond acceptors (Lipinski definition) is 6. The molecule has 0 spiro atoms. The fourth-order valence-corrected chi connectivity index (χ4v) is 3.37. The van der Waals surface area contributed by atoms with Crippen molar-refractivity contribution < 1.29 is 19.1 Å². The lowest BCUT2D eigenvalue weighted by Crippen LogP contribution is -2.23. The zero-order valence-electron chi connectivity index (χ0n) is 18.9. The lowest BCUT2D eigenvalue weighted by molar-refractivity contribution is 0.0526. The highest BCUT2D eigenvalue weighted by atomic mass is 16.5. The summed E-state index contributed by atoms with van der Waals surface area (Å²) in [7, 11) is 1.48. The van der Waals surface area contributed by atoms with E-state index >= 15 is 0 Å². The van der Waals surface area contributed by atoms with Crippen LogP contribution < -0.4 is 10.1 Å². The molecule has 0 saturated carbocycles. The molecule has 0 aliphatic carbocycles. The topological polar surface area (TPSA) is 95.3 Å². The van der Waals surface area contributed by atoms with Crippen molar-refractivity contribution in [3.05, 3.63) is 95.9 Å². The van der Waals surface area contributed by atoms with Gasteiger partial charge in [-0.25, -0.2) is 14.5 Å². The summed E-state index contributed by atoms with van der Waals surface area (Å²) in [6, 6.07) is 19.7. The van der Waals surface area contributed by atoms with E-state index in [2.05, 4.69) is 27.5 Å². The molecule has 0 bridgehead atoms.